The second-order valence-electron chi connectivity index (χ2n) is 6.55. The van der Waals surface area contributed by atoms with Crippen molar-refractivity contribution in [1.29, 1.82) is 0 Å². The van der Waals surface area contributed by atoms with Gasteiger partial charge in [-0.1, -0.05) is 37.0 Å². The maximum atomic E-state index is 12.6. The molecule has 0 unspecified atom stereocenters. The van der Waals surface area contributed by atoms with Crippen molar-refractivity contribution in [3.05, 3.63) is 35.4 Å². The molecule has 0 N–H and O–H groups in total. The molecule has 1 saturated carbocycles. The summed E-state index contributed by atoms with van der Waals surface area (Å²) < 4.78 is 25.2. The van der Waals surface area contributed by atoms with Gasteiger partial charge in [-0.25, -0.2) is 8.42 Å². The first-order chi connectivity index (χ1) is 10.5. The molecule has 2 fully saturated rings. The molecule has 5 heteroatoms. The number of carbonyl (C=O) groups excluding carboxylic acids is 1. The van der Waals surface area contributed by atoms with E-state index in [0.29, 0.717) is 18.7 Å². The minimum Gasteiger partial charge on any atom is -0.336 e. The number of amides is 1. The fourth-order valence-corrected chi connectivity index (χ4v) is 5.75. The average molecular weight is 321 g/mol. The van der Waals surface area contributed by atoms with Gasteiger partial charge in [0.2, 0.25) is 0 Å². The Morgan fingerprint density at radius 3 is 2.41 bits per heavy atom. The van der Waals surface area contributed by atoms with Crippen LogP contribution in [0.1, 0.15) is 48.0 Å². The summed E-state index contributed by atoms with van der Waals surface area (Å²) in [5.41, 5.74) is 1.69. The highest BCUT2D eigenvalue weighted by atomic mass is 32.2. The van der Waals surface area contributed by atoms with Gasteiger partial charge in [0, 0.05) is 18.7 Å². The van der Waals surface area contributed by atoms with Crippen molar-refractivity contribution in [3.63, 3.8) is 0 Å². The molecule has 1 aliphatic heterocycles. The van der Waals surface area contributed by atoms with E-state index in [-0.39, 0.29) is 16.4 Å². The van der Waals surface area contributed by atoms with Gasteiger partial charge >= 0.3 is 0 Å². The van der Waals surface area contributed by atoms with Crippen LogP contribution in [0.5, 0.6) is 0 Å². The molecule has 1 aromatic rings. The zero-order valence-corrected chi connectivity index (χ0v) is 13.8. The average Bonchev–Trinajstić information content (AvgIpc) is 2.46. The molecule has 1 aromatic carbocycles. The van der Waals surface area contributed by atoms with Gasteiger partial charge in [0.1, 0.15) is 0 Å². The van der Waals surface area contributed by atoms with E-state index in [2.05, 4.69) is 0 Å². The molecular weight excluding hydrogens is 298 g/mol. The van der Waals surface area contributed by atoms with E-state index in [1.165, 1.54) is 0 Å². The molecule has 1 saturated heterocycles. The molecule has 4 nitrogen and oxygen atoms in total. The first-order valence-electron chi connectivity index (χ1n) is 8.07. The quantitative estimate of drug-likeness (QED) is 0.860. The Balaban J connectivity index is 1.62. The lowest BCUT2D eigenvalue weighted by atomic mass is 10.0. The van der Waals surface area contributed by atoms with E-state index in [9.17, 15) is 13.2 Å². The summed E-state index contributed by atoms with van der Waals surface area (Å²) in [6, 6.07) is 7.45. The Morgan fingerprint density at radius 2 is 1.77 bits per heavy atom. The van der Waals surface area contributed by atoms with E-state index in [4.69, 9.17) is 0 Å². The third kappa shape index (κ3) is 2.91. The largest absolute Gasteiger partial charge is 0.336 e. The first kappa shape index (κ1) is 15.5. The summed E-state index contributed by atoms with van der Waals surface area (Å²) in [5.74, 6) is -0.0567. The molecule has 0 atom stereocenters. The van der Waals surface area contributed by atoms with Crippen molar-refractivity contribution < 1.29 is 13.2 Å². The number of benzene rings is 1. The fourth-order valence-electron chi connectivity index (χ4n) is 3.44. The van der Waals surface area contributed by atoms with Crippen LogP contribution in [0.15, 0.2) is 24.3 Å². The zero-order chi connectivity index (χ0) is 15.7. The van der Waals surface area contributed by atoms with E-state index in [0.717, 1.165) is 37.7 Å². The standard InChI is InChI=1S/C17H23NO3S/c1-13-6-5-7-14(10-13)17(19)18-11-16(12-18)22(20,21)15-8-3-2-4-9-15/h5-7,10,15-16H,2-4,8-9,11-12H2,1H3. The van der Waals surface area contributed by atoms with Gasteiger partial charge in [-0.15, -0.1) is 0 Å². The number of hydrogen-bond acceptors (Lipinski definition) is 3. The van der Waals surface area contributed by atoms with Crippen molar-refractivity contribution >= 4 is 15.7 Å². The normalized spacial score (nSPS) is 20.7. The van der Waals surface area contributed by atoms with Crippen molar-refractivity contribution in [2.24, 2.45) is 0 Å². The summed E-state index contributed by atoms with van der Waals surface area (Å²) in [7, 11) is -3.08. The topological polar surface area (TPSA) is 54.5 Å². The van der Waals surface area contributed by atoms with E-state index in [1.807, 2.05) is 25.1 Å². The van der Waals surface area contributed by atoms with Crippen LogP contribution in [0.2, 0.25) is 0 Å². The molecule has 120 valence electrons. The molecule has 2 aliphatic rings. The van der Waals surface area contributed by atoms with Crippen molar-refractivity contribution in [2.75, 3.05) is 13.1 Å². The molecule has 22 heavy (non-hydrogen) atoms. The van der Waals surface area contributed by atoms with Gasteiger partial charge < -0.3 is 4.90 Å². The van der Waals surface area contributed by atoms with Gasteiger partial charge in [0.15, 0.2) is 9.84 Å². The maximum absolute atomic E-state index is 12.6. The van der Waals surface area contributed by atoms with Crippen LogP contribution < -0.4 is 0 Å². The molecule has 3 rings (SSSR count). The third-order valence-corrected chi connectivity index (χ3v) is 7.51. The number of likely N-dealkylation sites (tertiary alicyclic amines) is 1. The minimum absolute atomic E-state index is 0.0567. The maximum Gasteiger partial charge on any atom is 0.253 e. The second-order valence-corrected chi connectivity index (χ2v) is 9.06. The number of hydrogen-bond donors (Lipinski definition) is 0. The lowest BCUT2D eigenvalue weighted by molar-refractivity contribution is 0.0658. The van der Waals surface area contributed by atoms with Crippen LogP contribution in [0, 0.1) is 6.92 Å². The van der Waals surface area contributed by atoms with Crippen LogP contribution in [0.3, 0.4) is 0 Å². The second kappa shape index (κ2) is 6.03. The first-order valence-corrected chi connectivity index (χ1v) is 9.68. The number of nitrogens with zero attached hydrogens (tertiary/aromatic N) is 1. The van der Waals surface area contributed by atoms with Crippen molar-refractivity contribution in [1.82, 2.24) is 4.90 Å². The zero-order valence-electron chi connectivity index (χ0n) is 13.0. The number of carbonyl (C=O) groups is 1. The summed E-state index contributed by atoms with van der Waals surface area (Å²) in [6.07, 6.45) is 4.77. The summed E-state index contributed by atoms with van der Waals surface area (Å²) >= 11 is 0. The highest BCUT2D eigenvalue weighted by Crippen LogP contribution is 2.30. The lowest BCUT2D eigenvalue weighted by Crippen LogP contribution is -2.58. The van der Waals surface area contributed by atoms with Crippen molar-refractivity contribution in [3.8, 4) is 0 Å². The molecule has 0 aromatic heterocycles. The Kier molecular flexibility index (Phi) is 4.26. The Hall–Kier alpha value is -1.36. The Morgan fingerprint density at radius 1 is 1.09 bits per heavy atom. The molecule has 0 radical (unpaired) electrons. The number of rotatable bonds is 3. The van der Waals surface area contributed by atoms with E-state index < -0.39 is 9.84 Å². The summed E-state index contributed by atoms with van der Waals surface area (Å²) in [6.45, 7) is 2.65. The van der Waals surface area contributed by atoms with Crippen LogP contribution in [-0.2, 0) is 9.84 Å². The molecule has 1 aliphatic carbocycles. The van der Waals surface area contributed by atoms with Crippen LogP contribution in [-0.4, -0.2) is 42.8 Å². The fraction of sp³-hybridized carbons (Fsp3) is 0.588. The Labute approximate surface area is 132 Å². The van der Waals surface area contributed by atoms with Crippen LogP contribution >= 0.6 is 0 Å². The van der Waals surface area contributed by atoms with E-state index in [1.54, 1.807) is 11.0 Å². The van der Waals surface area contributed by atoms with Crippen LogP contribution in [0.4, 0.5) is 0 Å². The van der Waals surface area contributed by atoms with Gasteiger partial charge in [-0.05, 0) is 31.9 Å². The minimum atomic E-state index is -3.08. The smallest absolute Gasteiger partial charge is 0.253 e. The summed E-state index contributed by atoms with van der Waals surface area (Å²) in [4.78, 5) is 14.0. The van der Waals surface area contributed by atoms with Gasteiger partial charge in [0.05, 0.1) is 10.5 Å². The van der Waals surface area contributed by atoms with Gasteiger partial charge in [-0.2, -0.15) is 0 Å². The number of aryl methyl sites for hydroxylation is 1. The van der Waals surface area contributed by atoms with Crippen molar-refractivity contribution in [2.45, 2.75) is 49.5 Å². The predicted molar refractivity (Wildman–Crippen MR) is 86.7 cm³/mol. The molecule has 1 amide bonds. The molecular formula is C17H23NO3S. The summed E-state index contributed by atoms with van der Waals surface area (Å²) in [5, 5.41) is -0.535. The van der Waals surface area contributed by atoms with Crippen LogP contribution in [0.25, 0.3) is 0 Å². The molecule has 0 spiro atoms. The van der Waals surface area contributed by atoms with Gasteiger partial charge in [-0.3, -0.25) is 4.79 Å². The Bertz CT molecular complexity index is 656. The van der Waals surface area contributed by atoms with E-state index >= 15 is 0 Å². The lowest BCUT2D eigenvalue weighted by Gasteiger charge is -2.41. The highest BCUT2D eigenvalue weighted by Gasteiger charge is 2.43. The third-order valence-electron chi connectivity index (χ3n) is 4.88. The predicted octanol–water partition coefficient (Wildman–Crippen LogP) is 2.57. The highest BCUT2D eigenvalue weighted by molar-refractivity contribution is 7.92. The van der Waals surface area contributed by atoms with Gasteiger partial charge in [0.25, 0.3) is 5.91 Å². The molecule has 1 heterocycles. The SMILES string of the molecule is Cc1cccc(C(=O)N2CC(S(=O)(=O)C3CCCCC3)C2)c1. The number of sulfone groups is 1. The monoisotopic (exact) mass is 321 g/mol. The molecule has 0 bridgehead atoms.